The van der Waals surface area contributed by atoms with Crippen LogP contribution in [0.25, 0.3) is 28.2 Å². The summed E-state index contributed by atoms with van der Waals surface area (Å²) in [5.74, 6) is -3.22. The van der Waals surface area contributed by atoms with Gasteiger partial charge in [-0.05, 0) is 48.9 Å². The summed E-state index contributed by atoms with van der Waals surface area (Å²) < 4.78 is 42.5. The highest BCUT2D eigenvalue weighted by Crippen LogP contribution is 2.35. The molecule has 0 atom stereocenters. The second-order valence-corrected chi connectivity index (χ2v) is 7.99. The standard InChI is InChI=1S/C23H19BrF3N5O/c1-14-4-2-3-5-18(14)32-19(33)11-10-17(31-32)20-21(15-6-8-16(25)9-7-15)29-30-22(20)28-13-23(26,27)12-24/h2-11H,12-13H2,1H3,(H2,28,29,30). The largest absolute Gasteiger partial charge is 0.364 e. The Balaban J connectivity index is 1.87. The van der Waals surface area contributed by atoms with Crippen molar-refractivity contribution in [1.29, 1.82) is 0 Å². The van der Waals surface area contributed by atoms with Crippen LogP contribution >= 0.6 is 15.9 Å². The molecule has 0 fully saturated rings. The first kappa shape index (κ1) is 22.8. The van der Waals surface area contributed by atoms with Crippen LogP contribution in [0.1, 0.15) is 5.56 Å². The maximum Gasteiger partial charge on any atom is 0.274 e. The number of aromatic amines is 1. The predicted octanol–water partition coefficient (Wildman–Crippen LogP) is 5.18. The van der Waals surface area contributed by atoms with Gasteiger partial charge in [-0.3, -0.25) is 9.89 Å². The fraction of sp³-hybridized carbons (Fsp3) is 0.174. The van der Waals surface area contributed by atoms with E-state index in [0.29, 0.717) is 28.2 Å². The van der Waals surface area contributed by atoms with Crippen molar-refractivity contribution in [2.24, 2.45) is 0 Å². The average Bonchev–Trinajstić information content (AvgIpc) is 3.23. The van der Waals surface area contributed by atoms with E-state index in [2.05, 4.69) is 36.5 Å². The zero-order valence-electron chi connectivity index (χ0n) is 17.4. The van der Waals surface area contributed by atoms with Gasteiger partial charge in [0.25, 0.3) is 11.5 Å². The topological polar surface area (TPSA) is 75.6 Å². The number of aryl methyl sites for hydroxylation is 1. The molecule has 0 unspecified atom stereocenters. The Kier molecular flexibility index (Phi) is 6.37. The minimum atomic E-state index is -3.01. The van der Waals surface area contributed by atoms with E-state index in [1.165, 1.54) is 41.1 Å². The maximum absolute atomic E-state index is 13.9. The molecule has 6 nitrogen and oxygen atoms in total. The number of alkyl halides is 3. The SMILES string of the molecule is Cc1ccccc1-n1nc(-c2c(-c3ccc(F)cc3)n[nH]c2NCC(F)(F)CBr)ccc1=O. The van der Waals surface area contributed by atoms with Crippen LogP contribution in [-0.4, -0.2) is 37.8 Å². The first-order valence-corrected chi connectivity index (χ1v) is 11.1. The number of hydrogen-bond donors (Lipinski definition) is 2. The molecule has 170 valence electrons. The van der Waals surface area contributed by atoms with Gasteiger partial charge in [0.2, 0.25) is 0 Å². The van der Waals surface area contributed by atoms with Crippen molar-refractivity contribution in [2.75, 3.05) is 17.2 Å². The van der Waals surface area contributed by atoms with E-state index in [0.717, 1.165) is 5.56 Å². The first-order valence-electron chi connectivity index (χ1n) is 9.98. The lowest BCUT2D eigenvalue weighted by atomic mass is 10.0. The van der Waals surface area contributed by atoms with Crippen LogP contribution in [-0.2, 0) is 0 Å². The molecule has 0 aliphatic carbocycles. The van der Waals surface area contributed by atoms with E-state index in [1.807, 2.05) is 19.1 Å². The predicted molar refractivity (Wildman–Crippen MR) is 125 cm³/mol. The van der Waals surface area contributed by atoms with Gasteiger partial charge in [0.15, 0.2) is 0 Å². The fourth-order valence-corrected chi connectivity index (χ4v) is 3.52. The molecule has 0 aliphatic rings. The molecule has 0 radical (unpaired) electrons. The van der Waals surface area contributed by atoms with Gasteiger partial charge in [-0.25, -0.2) is 13.2 Å². The van der Waals surface area contributed by atoms with E-state index >= 15 is 0 Å². The Morgan fingerprint density at radius 2 is 1.82 bits per heavy atom. The quantitative estimate of drug-likeness (QED) is 0.331. The molecule has 2 aromatic heterocycles. The fourth-order valence-electron chi connectivity index (χ4n) is 3.32. The van der Waals surface area contributed by atoms with Crippen LogP contribution in [0.5, 0.6) is 0 Å². The van der Waals surface area contributed by atoms with Crippen molar-refractivity contribution in [1.82, 2.24) is 20.0 Å². The number of hydrogen-bond acceptors (Lipinski definition) is 4. The highest BCUT2D eigenvalue weighted by atomic mass is 79.9. The van der Waals surface area contributed by atoms with Crippen LogP contribution in [0.15, 0.2) is 65.5 Å². The smallest absolute Gasteiger partial charge is 0.274 e. The maximum atomic E-state index is 13.9. The summed E-state index contributed by atoms with van der Waals surface area (Å²) in [6.07, 6.45) is 0. The normalized spacial score (nSPS) is 11.5. The minimum absolute atomic E-state index is 0.206. The number of nitrogens with one attached hydrogen (secondary N) is 2. The Hall–Kier alpha value is -3.40. The second-order valence-electron chi connectivity index (χ2n) is 7.43. The molecule has 10 heteroatoms. The van der Waals surface area contributed by atoms with Crippen LogP contribution in [0.2, 0.25) is 0 Å². The van der Waals surface area contributed by atoms with Gasteiger partial charge in [-0.15, -0.1) is 0 Å². The number of anilines is 1. The first-order chi connectivity index (χ1) is 15.8. The van der Waals surface area contributed by atoms with E-state index in [9.17, 15) is 18.0 Å². The zero-order valence-corrected chi connectivity index (χ0v) is 19.0. The van der Waals surface area contributed by atoms with E-state index in [1.54, 1.807) is 12.1 Å². The number of benzene rings is 2. The molecule has 0 aliphatic heterocycles. The molecule has 0 spiro atoms. The van der Waals surface area contributed by atoms with Crippen LogP contribution < -0.4 is 10.9 Å². The number of para-hydroxylation sites is 1. The number of aromatic nitrogens is 4. The van der Waals surface area contributed by atoms with Gasteiger partial charge in [0.05, 0.1) is 28.8 Å². The van der Waals surface area contributed by atoms with Gasteiger partial charge >= 0.3 is 0 Å². The van der Waals surface area contributed by atoms with Gasteiger partial charge in [-0.2, -0.15) is 14.9 Å². The third-order valence-electron chi connectivity index (χ3n) is 5.00. The number of halogens is 4. The van der Waals surface area contributed by atoms with Crippen LogP contribution in [0.3, 0.4) is 0 Å². The van der Waals surface area contributed by atoms with Crippen molar-refractivity contribution < 1.29 is 13.2 Å². The van der Waals surface area contributed by atoms with Gasteiger partial charge < -0.3 is 5.32 Å². The summed E-state index contributed by atoms with van der Waals surface area (Å²) in [5.41, 5.74) is 2.73. The van der Waals surface area contributed by atoms with Crippen LogP contribution in [0, 0.1) is 12.7 Å². The summed E-state index contributed by atoms with van der Waals surface area (Å²) in [4.78, 5) is 12.6. The summed E-state index contributed by atoms with van der Waals surface area (Å²) in [6.45, 7) is 1.20. The van der Waals surface area contributed by atoms with Crippen molar-refractivity contribution in [3.05, 3.63) is 82.4 Å². The summed E-state index contributed by atoms with van der Waals surface area (Å²) in [6, 6.07) is 15.7. The lowest BCUT2D eigenvalue weighted by molar-refractivity contribution is 0.0435. The summed E-state index contributed by atoms with van der Waals surface area (Å²) >= 11 is 2.80. The van der Waals surface area contributed by atoms with Gasteiger partial charge in [-0.1, -0.05) is 34.1 Å². The molecular formula is C23H19BrF3N5O. The highest BCUT2D eigenvalue weighted by molar-refractivity contribution is 9.09. The van der Waals surface area contributed by atoms with Crippen molar-refractivity contribution in [3.8, 4) is 28.2 Å². The lowest BCUT2D eigenvalue weighted by Crippen LogP contribution is -2.29. The van der Waals surface area contributed by atoms with Crippen molar-refractivity contribution in [3.63, 3.8) is 0 Å². The molecular weight excluding hydrogens is 499 g/mol. The number of H-pyrrole nitrogens is 1. The number of nitrogens with zero attached hydrogens (tertiary/aromatic N) is 3. The van der Waals surface area contributed by atoms with Crippen molar-refractivity contribution >= 4 is 21.7 Å². The molecule has 0 saturated heterocycles. The molecule has 33 heavy (non-hydrogen) atoms. The van der Waals surface area contributed by atoms with E-state index in [-0.39, 0.29) is 11.4 Å². The zero-order chi connectivity index (χ0) is 23.6. The van der Waals surface area contributed by atoms with Crippen molar-refractivity contribution in [2.45, 2.75) is 12.8 Å². The third-order valence-corrected chi connectivity index (χ3v) is 5.82. The lowest BCUT2D eigenvalue weighted by Gasteiger charge is -2.15. The molecule has 2 N–H and O–H groups in total. The minimum Gasteiger partial charge on any atom is -0.364 e. The Labute approximate surface area is 195 Å². The molecule has 2 aromatic carbocycles. The Morgan fingerprint density at radius 1 is 1.09 bits per heavy atom. The molecule has 0 saturated carbocycles. The second kappa shape index (κ2) is 9.22. The average molecular weight is 518 g/mol. The number of rotatable bonds is 7. The molecule has 0 bridgehead atoms. The molecule has 2 heterocycles. The Morgan fingerprint density at radius 3 is 2.52 bits per heavy atom. The highest BCUT2D eigenvalue weighted by Gasteiger charge is 2.28. The molecule has 0 amide bonds. The van der Waals surface area contributed by atoms with Gasteiger partial charge in [0.1, 0.15) is 17.3 Å². The third kappa shape index (κ3) is 4.85. The van der Waals surface area contributed by atoms with E-state index in [4.69, 9.17) is 0 Å². The monoisotopic (exact) mass is 517 g/mol. The van der Waals surface area contributed by atoms with Gasteiger partial charge in [0, 0.05) is 11.6 Å². The Bertz CT molecular complexity index is 1330. The summed E-state index contributed by atoms with van der Waals surface area (Å²) in [7, 11) is 0. The van der Waals surface area contributed by atoms with Crippen LogP contribution in [0.4, 0.5) is 19.0 Å². The summed E-state index contributed by atoms with van der Waals surface area (Å²) in [5, 5.41) is 13.7. The molecule has 4 aromatic rings. The van der Waals surface area contributed by atoms with E-state index < -0.39 is 23.6 Å². The molecule has 4 rings (SSSR count).